The number of nitrogens with zero attached hydrogens (tertiary/aromatic N) is 1. The van der Waals surface area contributed by atoms with Crippen molar-refractivity contribution in [3.8, 4) is 0 Å². The van der Waals surface area contributed by atoms with Crippen molar-refractivity contribution in [1.29, 1.82) is 0 Å². The Labute approximate surface area is 151 Å². The van der Waals surface area contributed by atoms with Gasteiger partial charge in [0.1, 0.15) is 4.38 Å². The van der Waals surface area contributed by atoms with Gasteiger partial charge in [0.15, 0.2) is 17.5 Å². The maximum atomic E-state index is 13.6. The van der Waals surface area contributed by atoms with E-state index < -0.39 is 28.6 Å². The third kappa shape index (κ3) is 4.01. The summed E-state index contributed by atoms with van der Waals surface area (Å²) < 4.78 is 40.5. The van der Waals surface area contributed by atoms with Gasteiger partial charge in [0.05, 0.1) is 16.6 Å². The lowest BCUT2D eigenvalue weighted by Crippen LogP contribution is -2.24. The average Bonchev–Trinajstić information content (AvgIpc) is 2.62. The fourth-order valence-electron chi connectivity index (χ4n) is 2.13. The maximum absolute atomic E-state index is 13.6. The molecular weight excluding hydrogens is 369 g/mol. The van der Waals surface area contributed by atoms with Gasteiger partial charge < -0.3 is 5.32 Å². The minimum absolute atomic E-state index is 0.389. The smallest absolute Gasteiger partial charge is 0.237 e. The zero-order chi connectivity index (χ0) is 18.0. The molecule has 0 bridgehead atoms. The van der Waals surface area contributed by atoms with Crippen LogP contribution < -0.4 is 5.32 Å². The number of halogens is 3. The molecule has 8 heteroatoms. The molecule has 0 aromatic heterocycles. The van der Waals surface area contributed by atoms with Gasteiger partial charge in [-0.15, -0.1) is 0 Å². The number of carbonyl (C=O) groups excluding carboxylic acids is 1. The molecule has 1 N–H and O–H groups in total. The Morgan fingerprint density at radius 3 is 2.76 bits per heavy atom. The van der Waals surface area contributed by atoms with Crippen LogP contribution in [0.15, 0.2) is 41.4 Å². The molecule has 2 aromatic rings. The number of fused-ring (bicyclic) bond motifs is 1. The van der Waals surface area contributed by atoms with E-state index in [0.29, 0.717) is 0 Å². The molecule has 25 heavy (non-hydrogen) atoms. The first kappa shape index (κ1) is 17.9. The Morgan fingerprint density at radius 2 is 1.96 bits per heavy atom. The van der Waals surface area contributed by atoms with E-state index in [9.17, 15) is 18.0 Å². The molecule has 1 heterocycles. The van der Waals surface area contributed by atoms with Gasteiger partial charge in [0.25, 0.3) is 0 Å². The molecule has 0 saturated heterocycles. The minimum Gasteiger partial charge on any atom is -0.323 e. The van der Waals surface area contributed by atoms with Gasteiger partial charge in [0.2, 0.25) is 5.91 Å². The summed E-state index contributed by atoms with van der Waals surface area (Å²) in [4.78, 5) is 16.7. The molecule has 0 saturated carbocycles. The van der Waals surface area contributed by atoms with Crippen LogP contribution in [0.3, 0.4) is 0 Å². The molecule has 1 aliphatic rings. The van der Waals surface area contributed by atoms with E-state index in [-0.39, 0.29) is 5.69 Å². The first-order valence-corrected chi connectivity index (χ1v) is 9.22. The highest BCUT2D eigenvalue weighted by atomic mass is 32.2. The number of anilines is 1. The fraction of sp³-hybridized carbons (Fsp3) is 0.176. The quantitative estimate of drug-likeness (QED) is 0.751. The zero-order valence-corrected chi connectivity index (χ0v) is 14.7. The Morgan fingerprint density at radius 1 is 1.20 bits per heavy atom. The summed E-state index contributed by atoms with van der Waals surface area (Å²) in [5.41, 5.74) is 1.60. The van der Waals surface area contributed by atoms with Crippen molar-refractivity contribution < 1.29 is 18.0 Å². The Balaban J connectivity index is 1.68. The number of benzene rings is 2. The van der Waals surface area contributed by atoms with Crippen molar-refractivity contribution in [3.05, 3.63) is 59.4 Å². The average molecular weight is 382 g/mol. The van der Waals surface area contributed by atoms with E-state index >= 15 is 0 Å². The number of carbonyl (C=O) groups is 1. The van der Waals surface area contributed by atoms with Gasteiger partial charge in [-0.25, -0.2) is 18.2 Å². The van der Waals surface area contributed by atoms with Crippen LogP contribution in [0, 0.1) is 17.5 Å². The summed E-state index contributed by atoms with van der Waals surface area (Å²) in [6.45, 7) is 1.64. The highest BCUT2D eigenvalue weighted by molar-refractivity contribution is 8.39. The highest BCUT2D eigenvalue weighted by Gasteiger charge is 2.22. The third-order valence-electron chi connectivity index (χ3n) is 3.49. The number of rotatable bonds is 3. The van der Waals surface area contributed by atoms with E-state index in [1.54, 1.807) is 6.92 Å². The predicted octanol–water partition coefficient (Wildman–Crippen LogP) is 5.10. The van der Waals surface area contributed by atoms with Crippen molar-refractivity contribution in [2.24, 2.45) is 4.99 Å². The molecule has 0 unspecified atom stereocenters. The second-order valence-electron chi connectivity index (χ2n) is 5.27. The molecule has 0 fully saturated rings. The van der Waals surface area contributed by atoms with Crippen LogP contribution in [0.4, 0.5) is 24.5 Å². The van der Waals surface area contributed by atoms with E-state index in [0.717, 1.165) is 33.5 Å². The van der Waals surface area contributed by atoms with Crippen LogP contribution in [0.5, 0.6) is 0 Å². The van der Waals surface area contributed by atoms with Crippen molar-refractivity contribution in [1.82, 2.24) is 0 Å². The number of aliphatic imine (C=N–C) groups is 1. The van der Waals surface area contributed by atoms with Gasteiger partial charge in [-0.2, -0.15) is 0 Å². The summed E-state index contributed by atoms with van der Waals surface area (Å²) in [5.74, 6) is -4.08. The van der Waals surface area contributed by atoms with Gasteiger partial charge in [-0.3, -0.25) is 4.79 Å². The van der Waals surface area contributed by atoms with Gasteiger partial charge >= 0.3 is 0 Å². The van der Waals surface area contributed by atoms with Crippen molar-refractivity contribution in [2.45, 2.75) is 17.9 Å². The summed E-state index contributed by atoms with van der Waals surface area (Å²) in [6.07, 6.45) is 0. The predicted molar refractivity (Wildman–Crippen MR) is 96.8 cm³/mol. The molecular formula is C17H13F3N2OS2. The summed E-state index contributed by atoms with van der Waals surface area (Å²) >= 11 is 2.75. The number of nitrogens with one attached hydrogen (secondary N) is 1. The van der Waals surface area contributed by atoms with Crippen molar-refractivity contribution >= 4 is 45.2 Å². The molecule has 1 aliphatic heterocycles. The molecule has 1 amide bonds. The van der Waals surface area contributed by atoms with Crippen LogP contribution >= 0.6 is 23.5 Å². The third-order valence-corrected chi connectivity index (χ3v) is 5.79. The molecule has 130 valence electrons. The Kier molecular flexibility index (Phi) is 5.39. The second-order valence-corrected chi connectivity index (χ2v) is 7.82. The van der Waals surface area contributed by atoms with E-state index in [1.807, 2.05) is 24.3 Å². The Bertz CT molecular complexity index is 858. The lowest BCUT2D eigenvalue weighted by Gasteiger charge is -2.17. The SMILES string of the molecule is C[C@H](SC1=Nc2ccccc2CS1)C(=O)Nc1ccc(F)c(F)c1F. The molecule has 0 spiro atoms. The number of hydrogen-bond acceptors (Lipinski definition) is 4. The second kappa shape index (κ2) is 7.53. The van der Waals surface area contributed by atoms with Crippen LogP contribution in [-0.4, -0.2) is 15.5 Å². The van der Waals surface area contributed by atoms with E-state index in [2.05, 4.69) is 10.3 Å². The largest absolute Gasteiger partial charge is 0.323 e. The number of hydrogen-bond donors (Lipinski definition) is 1. The molecule has 2 aromatic carbocycles. The molecule has 0 aliphatic carbocycles. The van der Waals surface area contributed by atoms with Gasteiger partial charge in [-0.05, 0) is 30.7 Å². The molecule has 1 atom stereocenters. The number of thioether (sulfide) groups is 2. The highest BCUT2D eigenvalue weighted by Crippen LogP contribution is 2.36. The zero-order valence-electron chi connectivity index (χ0n) is 13.1. The monoisotopic (exact) mass is 382 g/mol. The van der Waals surface area contributed by atoms with Crippen molar-refractivity contribution in [2.75, 3.05) is 5.32 Å². The first-order chi connectivity index (χ1) is 12.0. The molecule has 0 radical (unpaired) electrons. The maximum Gasteiger partial charge on any atom is 0.237 e. The summed E-state index contributed by atoms with van der Waals surface area (Å²) in [6, 6.07) is 9.49. The summed E-state index contributed by atoms with van der Waals surface area (Å²) in [7, 11) is 0. The normalized spacial score (nSPS) is 14.5. The lowest BCUT2D eigenvalue weighted by atomic mass is 10.2. The van der Waals surface area contributed by atoms with Gasteiger partial charge in [-0.1, -0.05) is 41.7 Å². The van der Waals surface area contributed by atoms with E-state index in [1.165, 1.54) is 23.5 Å². The van der Waals surface area contributed by atoms with Crippen molar-refractivity contribution in [3.63, 3.8) is 0 Å². The number of para-hydroxylation sites is 1. The van der Waals surface area contributed by atoms with Crippen LogP contribution in [-0.2, 0) is 10.5 Å². The summed E-state index contributed by atoms with van der Waals surface area (Å²) in [5, 5.41) is 1.70. The van der Waals surface area contributed by atoms with Crippen LogP contribution in [0.2, 0.25) is 0 Å². The van der Waals surface area contributed by atoms with Crippen LogP contribution in [0.25, 0.3) is 0 Å². The Hall–Kier alpha value is -1.93. The lowest BCUT2D eigenvalue weighted by molar-refractivity contribution is -0.115. The molecule has 3 rings (SSSR count). The van der Waals surface area contributed by atoms with Crippen LogP contribution in [0.1, 0.15) is 12.5 Å². The number of amides is 1. The first-order valence-electron chi connectivity index (χ1n) is 7.36. The van der Waals surface area contributed by atoms with E-state index in [4.69, 9.17) is 0 Å². The topological polar surface area (TPSA) is 41.5 Å². The van der Waals surface area contributed by atoms with Gasteiger partial charge in [0, 0.05) is 5.75 Å². The minimum atomic E-state index is -1.61. The standard InChI is InChI=1S/C17H13F3N2OS2/c1-9(16(23)21-13-7-6-11(18)14(19)15(13)20)25-17-22-12-5-3-2-4-10(12)8-24-17/h2-7,9H,8H2,1H3,(H,21,23)/t9-/m0/s1. The fourth-order valence-corrected chi connectivity index (χ4v) is 4.32. The molecule has 3 nitrogen and oxygen atoms in total.